The molecule has 0 saturated carbocycles. The first-order chi connectivity index (χ1) is 16.3. The second kappa shape index (κ2) is 11.3. The van der Waals surface area contributed by atoms with Crippen LogP contribution >= 0.6 is 0 Å². The van der Waals surface area contributed by atoms with Crippen molar-refractivity contribution in [3.05, 3.63) is 95.6 Å². The molecular formula is C24H19F2N3O5. The van der Waals surface area contributed by atoms with Crippen molar-refractivity contribution in [1.29, 1.82) is 0 Å². The highest BCUT2D eigenvalue weighted by molar-refractivity contribution is 6.08. The van der Waals surface area contributed by atoms with Crippen molar-refractivity contribution in [2.45, 2.75) is 0 Å². The van der Waals surface area contributed by atoms with Gasteiger partial charge in [-0.05, 0) is 36.4 Å². The third-order valence-electron chi connectivity index (χ3n) is 4.41. The number of para-hydroxylation sites is 1. The number of carbonyl (C=O) groups excluding carboxylic acids is 4. The first-order valence-electron chi connectivity index (χ1n) is 9.97. The number of nitrogens with one attached hydrogen (secondary N) is 3. The highest BCUT2D eigenvalue weighted by Gasteiger charge is 2.17. The number of amides is 3. The molecule has 0 fully saturated rings. The second-order valence-electron chi connectivity index (χ2n) is 6.90. The fourth-order valence-corrected chi connectivity index (χ4v) is 2.77. The van der Waals surface area contributed by atoms with E-state index in [2.05, 4.69) is 16.0 Å². The summed E-state index contributed by atoms with van der Waals surface area (Å²) in [7, 11) is 0. The lowest BCUT2D eigenvalue weighted by Crippen LogP contribution is -2.35. The molecule has 34 heavy (non-hydrogen) atoms. The number of hydrogen-bond donors (Lipinski definition) is 3. The molecule has 0 atom stereocenters. The smallest absolute Gasteiger partial charge is 0.340 e. The number of halogens is 2. The number of hydrogen-bond acceptors (Lipinski definition) is 5. The molecule has 3 aromatic carbocycles. The van der Waals surface area contributed by atoms with Crippen molar-refractivity contribution in [2.24, 2.45) is 0 Å². The Morgan fingerprint density at radius 3 is 2.21 bits per heavy atom. The topological polar surface area (TPSA) is 114 Å². The Labute approximate surface area is 192 Å². The summed E-state index contributed by atoms with van der Waals surface area (Å²) in [6.07, 6.45) is 0. The van der Waals surface area contributed by atoms with E-state index in [1.165, 1.54) is 12.1 Å². The lowest BCUT2D eigenvalue weighted by Gasteiger charge is -2.11. The molecule has 0 saturated heterocycles. The Balaban J connectivity index is 1.49. The summed E-state index contributed by atoms with van der Waals surface area (Å²) in [5.41, 5.74) is 0.647. The van der Waals surface area contributed by atoms with Crippen LogP contribution in [0, 0.1) is 11.6 Å². The second-order valence-corrected chi connectivity index (χ2v) is 6.90. The molecule has 3 amide bonds. The van der Waals surface area contributed by atoms with Gasteiger partial charge in [-0.15, -0.1) is 0 Å². The molecule has 3 N–H and O–H groups in total. The third kappa shape index (κ3) is 6.70. The standard InChI is InChI=1S/C24H19F2N3O5/c25-18-11-10-16(12-19(18)26)28-21(30)13-27-22(31)14-34-24(33)17-8-4-5-9-20(17)29-23(32)15-6-2-1-3-7-15/h1-12H,13-14H2,(H,27,31)(H,28,30)(H,29,32). The van der Waals surface area contributed by atoms with Crippen molar-refractivity contribution in [1.82, 2.24) is 5.32 Å². The van der Waals surface area contributed by atoms with Gasteiger partial charge in [0.25, 0.3) is 11.8 Å². The van der Waals surface area contributed by atoms with Gasteiger partial charge in [-0.2, -0.15) is 0 Å². The Bertz CT molecular complexity index is 1220. The van der Waals surface area contributed by atoms with Gasteiger partial charge in [-0.25, -0.2) is 13.6 Å². The van der Waals surface area contributed by atoms with E-state index in [1.807, 2.05) is 0 Å². The van der Waals surface area contributed by atoms with Gasteiger partial charge >= 0.3 is 5.97 Å². The average Bonchev–Trinajstić information content (AvgIpc) is 2.84. The SMILES string of the molecule is O=C(COC(=O)c1ccccc1NC(=O)c1ccccc1)NCC(=O)Nc1ccc(F)c(F)c1. The van der Waals surface area contributed by atoms with Crippen LogP contribution in [-0.4, -0.2) is 36.8 Å². The zero-order valence-electron chi connectivity index (χ0n) is 17.6. The quantitative estimate of drug-likeness (QED) is 0.441. The van der Waals surface area contributed by atoms with Crippen molar-refractivity contribution < 1.29 is 32.7 Å². The van der Waals surface area contributed by atoms with Gasteiger partial charge in [-0.1, -0.05) is 30.3 Å². The molecule has 0 spiro atoms. The van der Waals surface area contributed by atoms with Gasteiger partial charge in [0.15, 0.2) is 18.2 Å². The molecule has 3 aromatic rings. The van der Waals surface area contributed by atoms with E-state index < -0.39 is 48.5 Å². The summed E-state index contributed by atoms with van der Waals surface area (Å²) in [6, 6.07) is 17.3. The van der Waals surface area contributed by atoms with Crippen LogP contribution in [-0.2, 0) is 14.3 Å². The van der Waals surface area contributed by atoms with Crippen LogP contribution in [0.25, 0.3) is 0 Å². The monoisotopic (exact) mass is 467 g/mol. The molecule has 0 aliphatic rings. The van der Waals surface area contributed by atoms with Crippen LogP contribution in [0.5, 0.6) is 0 Å². The molecule has 8 nitrogen and oxygen atoms in total. The molecule has 3 rings (SSSR count). The van der Waals surface area contributed by atoms with Gasteiger partial charge in [0.1, 0.15) is 0 Å². The van der Waals surface area contributed by atoms with Gasteiger partial charge in [0.2, 0.25) is 5.91 Å². The van der Waals surface area contributed by atoms with Crippen LogP contribution in [0.1, 0.15) is 20.7 Å². The van der Waals surface area contributed by atoms with Crippen molar-refractivity contribution in [3.63, 3.8) is 0 Å². The summed E-state index contributed by atoms with van der Waals surface area (Å²) < 4.78 is 31.1. The van der Waals surface area contributed by atoms with Gasteiger partial charge in [0, 0.05) is 17.3 Å². The Morgan fingerprint density at radius 2 is 1.47 bits per heavy atom. The summed E-state index contributed by atoms with van der Waals surface area (Å²) in [4.78, 5) is 48.6. The third-order valence-corrected chi connectivity index (χ3v) is 4.41. The molecule has 0 radical (unpaired) electrons. The minimum atomic E-state index is -1.13. The predicted molar refractivity (Wildman–Crippen MR) is 119 cm³/mol. The summed E-state index contributed by atoms with van der Waals surface area (Å²) >= 11 is 0. The number of benzene rings is 3. The molecule has 10 heteroatoms. The fourth-order valence-electron chi connectivity index (χ4n) is 2.77. The molecule has 0 aliphatic carbocycles. The van der Waals surface area contributed by atoms with Crippen LogP contribution in [0.2, 0.25) is 0 Å². The van der Waals surface area contributed by atoms with Crippen molar-refractivity contribution in [2.75, 3.05) is 23.8 Å². The maximum Gasteiger partial charge on any atom is 0.340 e. The van der Waals surface area contributed by atoms with E-state index in [4.69, 9.17) is 4.74 Å². The maximum atomic E-state index is 13.2. The summed E-state index contributed by atoms with van der Waals surface area (Å²) in [6.45, 7) is -1.17. The van der Waals surface area contributed by atoms with E-state index in [0.717, 1.165) is 18.2 Å². The van der Waals surface area contributed by atoms with Crippen LogP contribution < -0.4 is 16.0 Å². The summed E-state index contributed by atoms with van der Waals surface area (Å²) in [5.74, 6) is -4.93. The normalized spacial score (nSPS) is 10.2. The van der Waals surface area contributed by atoms with Crippen molar-refractivity contribution in [3.8, 4) is 0 Å². The largest absolute Gasteiger partial charge is 0.452 e. The predicted octanol–water partition coefficient (Wildman–Crippen LogP) is 3.13. The lowest BCUT2D eigenvalue weighted by molar-refractivity contribution is -0.126. The van der Waals surface area contributed by atoms with Gasteiger partial charge < -0.3 is 20.7 Å². The van der Waals surface area contributed by atoms with E-state index in [-0.39, 0.29) is 16.9 Å². The first kappa shape index (κ1) is 24.1. The molecule has 0 aliphatic heterocycles. The summed E-state index contributed by atoms with van der Waals surface area (Å²) in [5, 5.41) is 7.15. The molecule has 174 valence electrons. The van der Waals surface area contributed by atoms with Crippen molar-refractivity contribution >= 4 is 35.1 Å². The average molecular weight is 467 g/mol. The van der Waals surface area contributed by atoms with E-state index in [9.17, 15) is 28.0 Å². The number of ether oxygens (including phenoxy) is 1. The zero-order chi connectivity index (χ0) is 24.5. The lowest BCUT2D eigenvalue weighted by atomic mass is 10.1. The van der Waals surface area contributed by atoms with E-state index >= 15 is 0 Å². The van der Waals surface area contributed by atoms with Gasteiger partial charge in [0.05, 0.1) is 17.8 Å². The number of anilines is 2. The first-order valence-corrected chi connectivity index (χ1v) is 9.97. The maximum absolute atomic E-state index is 13.2. The molecule has 0 unspecified atom stereocenters. The molecule has 0 heterocycles. The van der Waals surface area contributed by atoms with E-state index in [1.54, 1.807) is 42.5 Å². The Morgan fingerprint density at radius 1 is 0.765 bits per heavy atom. The Kier molecular flexibility index (Phi) is 8.01. The van der Waals surface area contributed by atoms with Crippen LogP contribution in [0.15, 0.2) is 72.8 Å². The molecule has 0 aromatic heterocycles. The van der Waals surface area contributed by atoms with Gasteiger partial charge in [-0.3, -0.25) is 14.4 Å². The van der Waals surface area contributed by atoms with Crippen LogP contribution in [0.3, 0.4) is 0 Å². The number of rotatable bonds is 8. The highest BCUT2D eigenvalue weighted by Crippen LogP contribution is 2.17. The molecule has 0 bridgehead atoms. The number of esters is 1. The molecular weight excluding hydrogens is 448 g/mol. The minimum absolute atomic E-state index is 0.0127. The van der Waals surface area contributed by atoms with Crippen LogP contribution in [0.4, 0.5) is 20.2 Å². The minimum Gasteiger partial charge on any atom is -0.452 e. The van der Waals surface area contributed by atoms with E-state index in [0.29, 0.717) is 5.56 Å². The highest BCUT2D eigenvalue weighted by atomic mass is 19.2. The Hall–Kier alpha value is -4.60. The zero-order valence-corrected chi connectivity index (χ0v) is 17.6. The fraction of sp³-hybridized carbons (Fsp3) is 0.0833. The number of carbonyl (C=O) groups is 4.